The molecule has 0 amide bonds. The van der Waals surface area contributed by atoms with E-state index in [1.807, 2.05) is 24.3 Å². The molecule has 0 saturated carbocycles. The number of ether oxygens (including phenoxy) is 1. The quantitative estimate of drug-likeness (QED) is 0.860. The van der Waals surface area contributed by atoms with E-state index in [-0.39, 0.29) is 24.9 Å². The van der Waals surface area contributed by atoms with Crippen LogP contribution in [0.15, 0.2) is 24.3 Å². The molecule has 0 aliphatic carbocycles. The Hall–Kier alpha value is -0.650. The summed E-state index contributed by atoms with van der Waals surface area (Å²) in [6.45, 7) is 1.30. The fourth-order valence-electron chi connectivity index (χ4n) is 2.58. The number of halogens is 1. The highest BCUT2D eigenvalue weighted by Gasteiger charge is 2.32. The van der Waals surface area contributed by atoms with Crippen LogP contribution in [0.3, 0.4) is 0 Å². The molecule has 0 spiro atoms. The molecule has 1 fully saturated rings. The lowest BCUT2D eigenvalue weighted by Gasteiger charge is -2.27. The lowest BCUT2D eigenvalue weighted by molar-refractivity contribution is 0.0466. The van der Waals surface area contributed by atoms with Crippen molar-refractivity contribution in [3.8, 4) is 0 Å². The topological polar surface area (TPSA) is 52.9 Å². The van der Waals surface area contributed by atoms with E-state index in [0.717, 1.165) is 5.56 Å². The first-order valence-electron chi connectivity index (χ1n) is 6.45. The number of β-amino-alcohol motifs (C(OH)–C–C–N with tert-alkyl or cyclic N) is 1. The molecule has 4 nitrogen and oxygen atoms in total. The van der Waals surface area contributed by atoms with Gasteiger partial charge in [0.05, 0.1) is 18.8 Å². The fraction of sp³-hybridized carbons (Fsp3) is 0.571. The van der Waals surface area contributed by atoms with Crippen molar-refractivity contribution in [2.45, 2.75) is 24.7 Å². The molecule has 1 heterocycles. The normalized spacial score (nSPS) is 25.7. The Bertz CT molecular complexity index is 398. The maximum Gasteiger partial charge on any atom is 0.0948 e. The van der Waals surface area contributed by atoms with Crippen molar-refractivity contribution >= 4 is 11.6 Å². The summed E-state index contributed by atoms with van der Waals surface area (Å²) in [5.41, 5.74) is 1.05. The predicted octanol–water partition coefficient (Wildman–Crippen LogP) is 1.45. The first-order chi connectivity index (χ1) is 9.13. The Morgan fingerprint density at radius 1 is 1.42 bits per heavy atom. The highest BCUT2D eigenvalue weighted by molar-refractivity contribution is 6.30. The van der Waals surface area contributed by atoms with Gasteiger partial charge in [0.2, 0.25) is 0 Å². The lowest BCUT2D eigenvalue weighted by Crippen LogP contribution is -2.36. The van der Waals surface area contributed by atoms with Crippen molar-refractivity contribution in [3.05, 3.63) is 34.9 Å². The van der Waals surface area contributed by atoms with Crippen LogP contribution in [-0.2, 0) is 4.74 Å². The summed E-state index contributed by atoms with van der Waals surface area (Å²) in [7, 11) is 1.67. The van der Waals surface area contributed by atoms with Crippen molar-refractivity contribution < 1.29 is 14.9 Å². The standard InChI is InChI=1S/C14H20ClNO3/c1-19-14(10-2-4-11(15)5-3-10)8-16-7-13(18)6-12(16)9-17/h2-5,12-14,17-18H,6-9H2,1H3/t12-,13-,14+/m0/s1. The summed E-state index contributed by atoms with van der Waals surface area (Å²) in [4.78, 5) is 2.08. The molecular formula is C14H20ClNO3. The van der Waals surface area contributed by atoms with Crippen LogP contribution in [0.1, 0.15) is 18.1 Å². The fourth-order valence-corrected chi connectivity index (χ4v) is 2.70. The number of hydrogen-bond donors (Lipinski definition) is 2. The van der Waals surface area contributed by atoms with Gasteiger partial charge in [-0.15, -0.1) is 0 Å². The third-order valence-electron chi connectivity index (χ3n) is 3.64. The molecule has 5 heteroatoms. The van der Waals surface area contributed by atoms with E-state index in [1.54, 1.807) is 7.11 Å². The van der Waals surface area contributed by atoms with Gasteiger partial charge < -0.3 is 14.9 Å². The van der Waals surface area contributed by atoms with Crippen molar-refractivity contribution in [2.24, 2.45) is 0 Å². The monoisotopic (exact) mass is 285 g/mol. The lowest BCUT2D eigenvalue weighted by atomic mass is 10.1. The summed E-state index contributed by atoms with van der Waals surface area (Å²) < 4.78 is 5.52. The van der Waals surface area contributed by atoms with Gasteiger partial charge in [-0.25, -0.2) is 0 Å². The Balaban J connectivity index is 2.04. The molecule has 2 rings (SSSR count). The Morgan fingerprint density at radius 3 is 2.68 bits per heavy atom. The van der Waals surface area contributed by atoms with Gasteiger partial charge in [-0.3, -0.25) is 4.90 Å². The molecule has 0 radical (unpaired) electrons. The van der Waals surface area contributed by atoms with Crippen LogP contribution >= 0.6 is 11.6 Å². The summed E-state index contributed by atoms with van der Waals surface area (Å²) in [6.07, 6.45) is 0.171. The minimum atomic E-state index is -0.361. The number of methoxy groups -OCH3 is 1. The molecular weight excluding hydrogens is 266 g/mol. The Kier molecular flexibility index (Phi) is 5.19. The first kappa shape index (κ1) is 14.8. The molecule has 1 aromatic rings. The minimum Gasteiger partial charge on any atom is -0.395 e. The zero-order chi connectivity index (χ0) is 13.8. The van der Waals surface area contributed by atoms with E-state index < -0.39 is 0 Å². The van der Waals surface area contributed by atoms with Gasteiger partial charge in [-0.05, 0) is 24.1 Å². The number of aliphatic hydroxyl groups is 2. The van der Waals surface area contributed by atoms with Gasteiger partial charge in [0.15, 0.2) is 0 Å². The maximum absolute atomic E-state index is 9.68. The average Bonchev–Trinajstić information content (AvgIpc) is 2.77. The molecule has 1 aliphatic heterocycles. The molecule has 0 bridgehead atoms. The van der Waals surface area contributed by atoms with Crippen molar-refractivity contribution in [1.29, 1.82) is 0 Å². The van der Waals surface area contributed by atoms with Gasteiger partial charge in [0, 0.05) is 31.3 Å². The summed E-state index contributed by atoms with van der Waals surface area (Å²) in [5, 5.41) is 19.7. The number of nitrogens with zero attached hydrogens (tertiary/aromatic N) is 1. The van der Waals surface area contributed by atoms with Crippen LogP contribution in [0.2, 0.25) is 5.02 Å². The minimum absolute atomic E-state index is 0.0138. The third-order valence-corrected chi connectivity index (χ3v) is 3.90. The third kappa shape index (κ3) is 3.68. The molecule has 3 atom stereocenters. The SMILES string of the molecule is CO[C@H](CN1C[C@@H](O)C[C@H]1CO)c1ccc(Cl)cc1. The molecule has 1 saturated heterocycles. The van der Waals surface area contributed by atoms with Gasteiger partial charge >= 0.3 is 0 Å². The van der Waals surface area contributed by atoms with Crippen molar-refractivity contribution in [2.75, 3.05) is 26.8 Å². The number of rotatable bonds is 5. The molecule has 0 unspecified atom stereocenters. The van der Waals surface area contributed by atoms with Crippen molar-refractivity contribution in [3.63, 3.8) is 0 Å². The van der Waals surface area contributed by atoms with Gasteiger partial charge in [-0.1, -0.05) is 23.7 Å². The van der Waals surface area contributed by atoms with Crippen LogP contribution in [0.25, 0.3) is 0 Å². The van der Waals surface area contributed by atoms with Crippen LogP contribution in [-0.4, -0.2) is 54.1 Å². The Morgan fingerprint density at radius 2 is 2.11 bits per heavy atom. The number of aliphatic hydroxyl groups excluding tert-OH is 2. The van der Waals surface area contributed by atoms with Crippen LogP contribution < -0.4 is 0 Å². The average molecular weight is 286 g/mol. The van der Waals surface area contributed by atoms with Gasteiger partial charge in [0.1, 0.15) is 0 Å². The number of hydrogen-bond acceptors (Lipinski definition) is 4. The van der Waals surface area contributed by atoms with E-state index >= 15 is 0 Å². The zero-order valence-corrected chi connectivity index (χ0v) is 11.8. The first-order valence-corrected chi connectivity index (χ1v) is 6.83. The van der Waals surface area contributed by atoms with E-state index in [1.165, 1.54) is 0 Å². The van der Waals surface area contributed by atoms with E-state index in [4.69, 9.17) is 16.3 Å². The summed E-state index contributed by atoms with van der Waals surface area (Å²) in [5.74, 6) is 0. The van der Waals surface area contributed by atoms with E-state index in [0.29, 0.717) is 24.5 Å². The predicted molar refractivity (Wildman–Crippen MR) is 74.3 cm³/mol. The highest BCUT2D eigenvalue weighted by atomic mass is 35.5. The Labute approximate surface area is 118 Å². The number of benzene rings is 1. The zero-order valence-electron chi connectivity index (χ0n) is 11.0. The van der Waals surface area contributed by atoms with Crippen LogP contribution in [0, 0.1) is 0 Å². The van der Waals surface area contributed by atoms with E-state index in [9.17, 15) is 10.2 Å². The number of likely N-dealkylation sites (tertiary alicyclic amines) is 1. The maximum atomic E-state index is 9.68. The second-order valence-electron chi connectivity index (χ2n) is 4.96. The van der Waals surface area contributed by atoms with Gasteiger partial charge in [0.25, 0.3) is 0 Å². The molecule has 19 heavy (non-hydrogen) atoms. The van der Waals surface area contributed by atoms with Crippen molar-refractivity contribution in [1.82, 2.24) is 4.90 Å². The summed E-state index contributed by atoms with van der Waals surface area (Å²) in [6, 6.07) is 7.57. The molecule has 2 N–H and O–H groups in total. The second kappa shape index (κ2) is 6.68. The smallest absolute Gasteiger partial charge is 0.0948 e. The second-order valence-corrected chi connectivity index (χ2v) is 5.39. The highest BCUT2D eigenvalue weighted by Crippen LogP contribution is 2.25. The molecule has 1 aromatic carbocycles. The van der Waals surface area contributed by atoms with Gasteiger partial charge in [-0.2, -0.15) is 0 Å². The van der Waals surface area contributed by atoms with E-state index in [2.05, 4.69) is 4.90 Å². The largest absolute Gasteiger partial charge is 0.395 e. The summed E-state index contributed by atoms with van der Waals surface area (Å²) >= 11 is 5.88. The molecule has 106 valence electrons. The van der Waals surface area contributed by atoms with Crippen LogP contribution in [0.5, 0.6) is 0 Å². The molecule has 0 aromatic heterocycles. The molecule has 1 aliphatic rings. The van der Waals surface area contributed by atoms with Crippen LogP contribution in [0.4, 0.5) is 0 Å².